The molecule has 2 amide bonds. The van der Waals surface area contributed by atoms with Crippen LogP contribution in [0, 0.1) is 12.8 Å². The molecule has 1 unspecified atom stereocenters. The molecule has 1 atom stereocenters. The molecule has 31 heavy (non-hydrogen) atoms. The average molecular weight is 424 g/mol. The van der Waals surface area contributed by atoms with Gasteiger partial charge in [0.15, 0.2) is 0 Å². The number of piperazine rings is 1. The highest BCUT2D eigenvalue weighted by Crippen LogP contribution is 2.24. The molecule has 2 aromatic rings. The third-order valence-corrected chi connectivity index (χ3v) is 5.94. The molecule has 2 aliphatic heterocycles. The average Bonchev–Trinajstić information content (AvgIpc) is 3.18. The van der Waals surface area contributed by atoms with Gasteiger partial charge in [0.1, 0.15) is 11.6 Å². The summed E-state index contributed by atoms with van der Waals surface area (Å²) in [5, 5.41) is 0. The third-order valence-electron chi connectivity index (χ3n) is 5.94. The van der Waals surface area contributed by atoms with E-state index in [-0.39, 0.29) is 17.7 Å². The summed E-state index contributed by atoms with van der Waals surface area (Å²) in [6.07, 6.45) is 0.300. The molecule has 2 saturated heterocycles. The fourth-order valence-electron chi connectivity index (χ4n) is 4.24. The zero-order valence-electron chi connectivity index (χ0n) is 18.2. The number of benzene rings is 1. The van der Waals surface area contributed by atoms with Crippen LogP contribution in [0.4, 0.5) is 5.82 Å². The lowest BCUT2D eigenvalue weighted by molar-refractivity contribution is -0.136. The van der Waals surface area contributed by atoms with Gasteiger partial charge >= 0.3 is 0 Å². The van der Waals surface area contributed by atoms with Crippen molar-refractivity contribution in [3.63, 3.8) is 0 Å². The molecule has 1 aromatic heterocycles. The summed E-state index contributed by atoms with van der Waals surface area (Å²) >= 11 is 0. The SMILES string of the molecule is COCCN1CC(C(=O)N2CCN(c3cc(-c4ccccc4)nc(C)n3)CC2)CC1=O. The molecule has 0 saturated carbocycles. The Balaban J connectivity index is 1.37. The van der Waals surface area contributed by atoms with Crippen LogP contribution in [0.3, 0.4) is 0 Å². The van der Waals surface area contributed by atoms with Crippen LogP contribution in [0.2, 0.25) is 0 Å². The largest absolute Gasteiger partial charge is 0.383 e. The van der Waals surface area contributed by atoms with Crippen molar-refractivity contribution in [3.05, 3.63) is 42.2 Å². The smallest absolute Gasteiger partial charge is 0.228 e. The molecule has 0 spiro atoms. The summed E-state index contributed by atoms with van der Waals surface area (Å²) in [5.74, 6) is 1.49. The Kier molecular flexibility index (Phi) is 6.46. The lowest BCUT2D eigenvalue weighted by Crippen LogP contribution is -2.51. The maximum Gasteiger partial charge on any atom is 0.228 e. The number of aromatic nitrogens is 2. The molecule has 8 nitrogen and oxygen atoms in total. The first kappa shape index (κ1) is 21.2. The predicted molar refractivity (Wildman–Crippen MR) is 118 cm³/mol. The molecule has 164 valence electrons. The van der Waals surface area contributed by atoms with Crippen LogP contribution in [-0.4, -0.2) is 84.6 Å². The third kappa shape index (κ3) is 4.85. The number of hydrogen-bond donors (Lipinski definition) is 0. The maximum atomic E-state index is 13.0. The first-order valence-corrected chi connectivity index (χ1v) is 10.8. The first-order chi connectivity index (χ1) is 15.0. The molecule has 0 radical (unpaired) electrons. The van der Waals surface area contributed by atoms with Crippen molar-refractivity contribution in [2.45, 2.75) is 13.3 Å². The van der Waals surface area contributed by atoms with Gasteiger partial charge in [0, 0.05) is 64.4 Å². The van der Waals surface area contributed by atoms with Gasteiger partial charge in [0.25, 0.3) is 0 Å². The number of amides is 2. The molecule has 2 fully saturated rings. The van der Waals surface area contributed by atoms with Crippen molar-refractivity contribution in [1.82, 2.24) is 19.8 Å². The molecule has 3 heterocycles. The lowest BCUT2D eigenvalue weighted by atomic mass is 10.1. The second-order valence-corrected chi connectivity index (χ2v) is 8.07. The van der Waals surface area contributed by atoms with Gasteiger partial charge in [-0.2, -0.15) is 0 Å². The van der Waals surface area contributed by atoms with Gasteiger partial charge in [-0.15, -0.1) is 0 Å². The minimum absolute atomic E-state index is 0.0407. The summed E-state index contributed by atoms with van der Waals surface area (Å²) in [7, 11) is 1.62. The predicted octanol–water partition coefficient (Wildman–Crippen LogP) is 1.60. The Labute approximate surface area is 182 Å². The van der Waals surface area contributed by atoms with Crippen LogP contribution in [0.5, 0.6) is 0 Å². The summed E-state index contributed by atoms with van der Waals surface area (Å²) in [6, 6.07) is 12.1. The quantitative estimate of drug-likeness (QED) is 0.702. The Morgan fingerprint density at radius 2 is 1.87 bits per heavy atom. The fourth-order valence-corrected chi connectivity index (χ4v) is 4.24. The molecular formula is C23H29N5O3. The Morgan fingerprint density at radius 1 is 1.13 bits per heavy atom. The Morgan fingerprint density at radius 3 is 2.58 bits per heavy atom. The van der Waals surface area contributed by atoms with Crippen molar-refractivity contribution in [1.29, 1.82) is 0 Å². The molecule has 4 rings (SSSR count). The standard InChI is InChI=1S/C23H29N5O3/c1-17-24-20(18-6-4-3-5-7-18)15-21(25-17)26-8-10-27(11-9-26)23(30)19-14-22(29)28(16-19)12-13-31-2/h3-7,15,19H,8-14,16H2,1-2H3. The fraction of sp³-hybridized carbons (Fsp3) is 0.478. The van der Waals surface area contributed by atoms with Crippen molar-refractivity contribution in [3.8, 4) is 11.3 Å². The van der Waals surface area contributed by atoms with Crippen LogP contribution >= 0.6 is 0 Å². The van der Waals surface area contributed by atoms with Gasteiger partial charge in [-0.1, -0.05) is 30.3 Å². The number of rotatable bonds is 6. The van der Waals surface area contributed by atoms with E-state index < -0.39 is 0 Å². The van der Waals surface area contributed by atoms with E-state index in [2.05, 4.69) is 14.9 Å². The van der Waals surface area contributed by atoms with E-state index in [4.69, 9.17) is 4.74 Å². The monoisotopic (exact) mass is 423 g/mol. The van der Waals surface area contributed by atoms with Gasteiger partial charge in [0.05, 0.1) is 18.2 Å². The van der Waals surface area contributed by atoms with Crippen molar-refractivity contribution in [2.75, 3.05) is 57.9 Å². The van der Waals surface area contributed by atoms with E-state index in [9.17, 15) is 9.59 Å². The second kappa shape index (κ2) is 9.43. The number of anilines is 1. The van der Waals surface area contributed by atoms with Crippen LogP contribution in [0.25, 0.3) is 11.3 Å². The van der Waals surface area contributed by atoms with Crippen LogP contribution in [-0.2, 0) is 14.3 Å². The lowest BCUT2D eigenvalue weighted by Gasteiger charge is -2.36. The summed E-state index contributed by atoms with van der Waals surface area (Å²) in [5.41, 5.74) is 1.97. The molecule has 0 N–H and O–H groups in total. The summed E-state index contributed by atoms with van der Waals surface area (Å²) in [4.78, 5) is 40.2. The van der Waals surface area contributed by atoms with Gasteiger partial charge in [-0.3, -0.25) is 9.59 Å². The van der Waals surface area contributed by atoms with E-state index in [1.54, 1.807) is 12.0 Å². The van der Waals surface area contributed by atoms with Gasteiger partial charge in [-0.25, -0.2) is 9.97 Å². The van der Waals surface area contributed by atoms with E-state index in [0.717, 1.165) is 22.9 Å². The zero-order valence-corrected chi connectivity index (χ0v) is 18.2. The van der Waals surface area contributed by atoms with Crippen LogP contribution in [0.15, 0.2) is 36.4 Å². The molecule has 1 aromatic carbocycles. The van der Waals surface area contributed by atoms with E-state index in [0.29, 0.717) is 52.3 Å². The highest BCUT2D eigenvalue weighted by Gasteiger charge is 2.37. The molecule has 8 heteroatoms. The minimum Gasteiger partial charge on any atom is -0.383 e. The zero-order chi connectivity index (χ0) is 21.8. The molecule has 0 bridgehead atoms. The topological polar surface area (TPSA) is 78.9 Å². The number of methoxy groups -OCH3 is 1. The number of hydrogen-bond acceptors (Lipinski definition) is 6. The van der Waals surface area contributed by atoms with Gasteiger partial charge < -0.3 is 19.4 Å². The Bertz CT molecular complexity index is 928. The minimum atomic E-state index is -0.248. The second-order valence-electron chi connectivity index (χ2n) is 8.07. The number of nitrogens with zero attached hydrogens (tertiary/aromatic N) is 5. The summed E-state index contributed by atoms with van der Waals surface area (Å²) in [6.45, 7) is 6.12. The van der Waals surface area contributed by atoms with Crippen LogP contribution in [0.1, 0.15) is 12.2 Å². The van der Waals surface area contributed by atoms with Crippen molar-refractivity contribution >= 4 is 17.6 Å². The highest BCUT2D eigenvalue weighted by atomic mass is 16.5. The van der Waals surface area contributed by atoms with Gasteiger partial charge in [0.2, 0.25) is 11.8 Å². The van der Waals surface area contributed by atoms with Crippen molar-refractivity contribution in [2.24, 2.45) is 5.92 Å². The first-order valence-electron chi connectivity index (χ1n) is 10.8. The maximum absolute atomic E-state index is 13.0. The number of aryl methyl sites for hydroxylation is 1. The number of carbonyl (C=O) groups is 2. The van der Waals surface area contributed by atoms with E-state index >= 15 is 0 Å². The number of likely N-dealkylation sites (tertiary alicyclic amines) is 1. The summed E-state index contributed by atoms with van der Waals surface area (Å²) < 4.78 is 5.06. The number of carbonyl (C=O) groups excluding carboxylic acids is 2. The molecule has 0 aliphatic carbocycles. The van der Waals surface area contributed by atoms with Crippen molar-refractivity contribution < 1.29 is 14.3 Å². The van der Waals surface area contributed by atoms with E-state index in [1.807, 2.05) is 48.2 Å². The molecular weight excluding hydrogens is 394 g/mol. The Hall–Kier alpha value is -3.00. The van der Waals surface area contributed by atoms with Crippen LogP contribution < -0.4 is 4.90 Å². The highest BCUT2D eigenvalue weighted by molar-refractivity contribution is 5.89. The number of ether oxygens (including phenoxy) is 1. The molecule has 2 aliphatic rings. The van der Waals surface area contributed by atoms with Gasteiger partial charge in [-0.05, 0) is 6.92 Å². The normalized spacial score (nSPS) is 19.2. The van der Waals surface area contributed by atoms with E-state index in [1.165, 1.54) is 0 Å².